The molecule has 2 aromatic carbocycles. The van der Waals surface area contributed by atoms with Crippen LogP contribution in [0.3, 0.4) is 0 Å². The smallest absolute Gasteiger partial charge is 0.317 e. The summed E-state index contributed by atoms with van der Waals surface area (Å²) in [6.45, 7) is 2.75. The number of piperazine rings is 1. The molecule has 10 heteroatoms. The molecule has 2 amide bonds. The van der Waals surface area contributed by atoms with Crippen molar-refractivity contribution in [2.75, 3.05) is 53.0 Å². The van der Waals surface area contributed by atoms with Gasteiger partial charge < -0.3 is 24.4 Å². The van der Waals surface area contributed by atoms with Crippen LogP contribution < -0.4 is 19.5 Å². The highest BCUT2D eigenvalue weighted by Gasteiger charge is 2.30. The van der Waals surface area contributed by atoms with E-state index in [2.05, 4.69) is 5.32 Å². The zero-order chi connectivity index (χ0) is 22.6. The monoisotopic (exact) mass is 461 g/mol. The molecule has 2 aromatic rings. The number of nitrogens with one attached hydrogen (secondary N) is 1. The first-order valence-corrected chi connectivity index (χ1v) is 12.0. The molecule has 0 atom stereocenters. The van der Waals surface area contributed by atoms with E-state index in [1.165, 1.54) is 23.5 Å². The first-order chi connectivity index (χ1) is 15.5. The third-order valence-electron chi connectivity index (χ3n) is 5.52. The molecule has 0 aliphatic carbocycles. The van der Waals surface area contributed by atoms with E-state index in [1.807, 2.05) is 18.2 Å². The van der Waals surface area contributed by atoms with Gasteiger partial charge in [-0.2, -0.15) is 4.31 Å². The van der Waals surface area contributed by atoms with Gasteiger partial charge in [-0.15, -0.1) is 0 Å². The Kier molecular flexibility index (Phi) is 6.71. The predicted octanol–water partition coefficient (Wildman–Crippen LogP) is 1.72. The summed E-state index contributed by atoms with van der Waals surface area (Å²) < 4.78 is 43.3. The van der Waals surface area contributed by atoms with E-state index >= 15 is 0 Å². The Morgan fingerprint density at radius 3 is 2.38 bits per heavy atom. The van der Waals surface area contributed by atoms with E-state index in [4.69, 9.17) is 14.2 Å². The minimum atomic E-state index is -3.60. The average molecular weight is 462 g/mol. The second kappa shape index (κ2) is 9.66. The summed E-state index contributed by atoms with van der Waals surface area (Å²) in [5.74, 6) is 2.07. The number of urea groups is 1. The molecule has 172 valence electrons. The van der Waals surface area contributed by atoms with Gasteiger partial charge in [-0.25, -0.2) is 13.2 Å². The Labute approximate surface area is 187 Å². The quantitative estimate of drug-likeness (QED) is 0.704. The second-order valence-corrected chi connectivity index (χ2v) is 9.46. The van der Waals surface area contributed by atoms with Crippen LogP contribution in [-0.2, 0) is 16.4 Å². The Morgan fingerprint density at radius 2 is 1.69 bits per heavy atom. The van der Waals surface area contributed by atoms with Gasteiger partial charge in [-0.3, -0.25) is 0 Å². The highest BCUT2D eigenvalue weighted by Crippen LogP contribution is 2.30. The minimum Gasteiger partial charge on any atom is -0.497 e. The van der Waals surface area contributed by atoms with Crippen molar-refractivity contribution in [2.45, 2.75) is 11.3 Å². The maximum atomic E-state index is 12.8. The molecule has 2 heterocycles. The van der Waals surface area contributed by atoms with Gasteiger partial charge in [0.05, 0.1) is 12.0 Å². The fraction of sp³-hybridized carbons (Fsp3) is 0.409. The first-order valence-electron chi connectivity index (χ1n) is 10.5. The van der Waals surface area contributed by atoms with Gasteiger partial charge >= 0.3 is 6.03 Å². The predicted molar refractivity (Wildman–Crippen MR) is 118 cm³/mol. The van der Waals surface area contributed by atoms with Crippen LogP contribution in [0.2, 0.25) is 0 Å². The highest BCUT2D eigenvalue weighted by atomic mass is 32.2. The van der Waals surface area contributed by atoms with Crippen LogP contribution >= 0.6 is 0 Å². The molecule has 0 unspecified atom stereocenters. The van der Waals surface area contributed by atoms with Crippen LogP contribution in [0.15, 0.2) is 47.4 Å². The Hall–Kier alpha value is -2.98. The van der Waals surface area contributed by atoms with Crippen molar-refractivity contribution in [1.29, 1.82) is 0 Å². The molecule has 0 spiro atoms. The molecular weight excluding hydrogens is 434 g/mol. The third kappa shape index (κ3) is 4.91. The van der Waals surface area contributed by atoms with Crippen molar-refractivity contribution in [3.8, 4) is 17.2 Å². The molecule has 0 bridgehead atoms. The summed E-state index contributed by atoms with van der Waals surface area (Å²) in [6.07, 6.45) is 0.661. The number of sulfonamides is 1. The molecule has 2 aliphatic rings. The van der Waals surface area contributed by atoms with Gasteiger partial charge in [0.15, 0.2) is 11.5 Å². The summed E-state index contributed by atoms with van der Waals surface area (Å²) in [5.41, 5.74) is 1.05. The average Bonchev–Trinajstić information content (AvgIpc) is 2.84. The van der Waals surface area contributed by atoms with Crippen molar-refractivity contribution in [1.82, 2.24) is 14.5 Å². The van der Waals surface area contributed by atoms with Crippen molar-refractivity contribution in [3.05, 3.63) is 48.0 Å². The standard InChI is InChI=1S/C22H27N3O6S/c1-29-18-3-5-19(6-4-18)32(27,28)25-12-10-24(11-13-25)22(26)23-9-8-17-2-7-20-21(16-17)31-15-14-30-20/h2-7,16H,8-15H2,1H3,(H,23,26). The van der Waals surface area contributed by atoms with Crippen LogP contribution in [-0.4, -0.2) is 76.7 Å². The summed E-state index contributed by atoms with van der Waals surface area (Å²) >= 11 is 0. The van der Waals surface area contributed by atoms with E-state index in [0.717, 1.165) is 17.1 Å². The number of amides is 2. The number of carbonyl (C=O) groups excluding carboxylic acids is 1. The van der Waals surface area contributed by atoms with Gasteiger partial charge in [0.2, 0.25) is 10.0 Å². The molecule has 1 N–H and O–H groups in total. The molecule has 1 fully saturated rings. The molecule has 1 saturated heterocycles. The summed E-state index contributed by atoms with van der Waals surface area (Å²) in [6, 6.07) is 11.9. The molecule has 0 aromatic heterocycles. The van der Waals surface area contributed by atoms with Gasteiger partial charge in [0, 0.05) is 32.7 Å². The molecule has 2 aliphatic heterocycles. The number of ether oxygens (including phenoxy) is 3. The molecule has 0 saturated carbocycles. The van der Waals surface area contributed by atoms with E-state index in [0.29, 0.717) is 45.0 Å². The molecular formula is C22H27N3O6S. The van der Waals surface area contributed by atoms with Gasteiger partial charge in [0.25, 0.3) is 0 Å². The summed E-state index contributed by atoms with van der Waals surface area (Å²) in [5, 5.41) is 2.91. The van der Waals surface area contributed by atoms with Crippen LogP contribution in [0.5, 0.6) is 17.2 Å². The van der Waals surface area contributed by atoms with Gasteiger partial charge in [-0.1, -0.05) is 6.07 Å². The van der Waals surface area contributed by atoms with Crippen LogP contribution in [0.1, 0.15) is 5.56 Å². The zero-order valence-corrected chi connectivity index (χ0v) is 18.8. The SMILES string of the molecule is COc1ccc(S(=O)(=O)N2CCN(C(=O)NCCc3ccc4c(c3)OCCO4)CC2)cc1. The number of hydrogen-bond acceptors (Lipinski definition) is 6. The number of rotatable bonds is 6. The number of nitrogens with zero attached hydrogens (tertiary/aromatic N) is 2. The van der Waals surface area contributed by atoms with Crippen LogP contribution in [0.4, 0.5) is 4.79 Å². The Morgan fingerprint density at radius 1 is 1.00 bits per heavy atom. The van der Waals surface area contributed by atoms with E-state index in [1.54, 1.807) is 17.0 Å². The largest absolute Gasteiger partial charge is 0.497 e. The van der Waals surface area contributed by atoms with E-state index in [-0.39, 0.29) is 24.0 Å². The molecule has 9 nitrogen and oxygen atoms in total. The van der Waals surface area contributed by atoms with Crippen molar-refractivity contribution < 1.29 is 27.4 Å². The number of fused-ring (bicyclic) bond motifs is 1. The summed E-state index contributed by atoms with van der Waals surface area (Å²) in [7, 11) is -2.07. The van der Waals surface area contributed by atoms with E-state index < -0.39 is 10.0 Å². The number of methoxy groups -OCH3 is 1. The fourth-order valence-corrected chi connectivity index (χ4v) is 5.12. The van der Waals surface area contributed by atoms with Gasteiger partial charge in [0.1, 0.15) is 19.0 Å². The highest BCUT2D eigenvalue weighted by molar-refractivity contribution is 7.89. The lowest BCUT2D eigenvalue weighted by molar-refractivity contribution is 0.171. The number of carbonyl (C=O) groups is 1. The Bertz CT molecular complexity index is 1050. The topological polar surface area (TPSA) is 97.4 Å². The van der Waals surface area contributed by atoms with Crippen LogP contribution in [0.25, 0.3) is 0 Å². The lowest BCUT2D eigenvalue weighted by atomic mass is 10.1. The normalized spacial score (nSPS) is 16.5. The fourth-order valence-electron chi connectivity index (χ4n) is 3.70. The minimum absolute atomic E-state index is 0.191. The lowest BCUT2D eigenvalue weighted by Crippen LogP contribution is -2.53. The van der Waals surface area contributed by atoms with Crippen molar-refractivity contribution in [3.63, 3.8) is 0 Å². The summed E-state index contributed by atoms with van der Waals surface area (Å²) in [4.78, 5) is 14.4. The molecule has 32 heavy (non-hydrogen) atoms. The van der Waals surface area contributed by atoms with Crippen molar-refractivity contribution >= 4 is 16.1 Å². The van der Waals surface area contributed by atoms with E-state index in [9.17, 15) is 13.2 Å². The second-order valence-electron chi connectivity index (χ2n) is 7.53. The zero-order valence-electron chi connectivity index (χ0n) is 18.0. The van der Waals surface area contributed by atoms with Crippen molar-refractivity contribution in [2.24, 2.45) is 0 Å². The maximum absolute atomic E-state index is 12.8. The molecule has 0 radical (unpaired) electrons. The van der Waals surface area contributed by atoms with Gasteiger partial charge in [-0.05, 0) is 48.4 Å². The Balaban J connectivity index is 1.25. The van der Waals surface area contributed by atoms with Crippen LogP contribution in [0, 0.1) is 0 Å². The third-order valence-corrected chi connectivity index (χ3v) is 7.43. The first kappa shape index (κ1) is 22.2. The maximum Gasteiger partial charge on any atom is 0.317 e. The number of benzene rings is 2. The lowest BCUT2D eigenvalue weighted by Gasteiger charge is -2.34. The molecule has 4 rings (SSSR count). The number of hydrogen-bond donors (Lipinski definition) is 1.